The van der Waals surface area contributed by atoms with Gasteiger partial charge in [0.05, 0.1) is 23.4 Å². The summed E-state index contributed by atoms with van der Waals surface area (Å²) in [6.07, 6.45) is 4.25. The zero-order chi connectivity index (χ0) is 23.4. The van der Waals surface area contributed by atoms with E-state index >= 15 is 0 Å². The zero-order valence-electron chi connectivity index (χ0n) is 18.8. The molecule has 0 unspecified atom stereocenters. The monoisotopic (exact) mass is 487 g/mol. The Kier molecular flexibility index (Phi) is 7.70. The molecule has 0 aliphatic carbocycles. The first-order valence-electron chi connectivity index (χ1n) is 10.9. The van der Waals surface area contributed by atoms with Crippen LogP contribution in [0.5, 0.6) is 5.75 Å². The second-order valence-corrected chi connectivity index (χ2v) is 9.93. The molecule has 0 atom stereocenters. The number of alkyl halides is 1. The Morgan fingerprint density at radius 2 is 2.03 bits per heavy atom. The number of ether oxygens (including phenoxy) is 1. The van der Waals surface area contributed by atoms with Gasteiger partial charge in [0.2, 0.25) is 5.52 Å². The van der Waals surface area contributed by atoms with Crippen LogP contribution in [0.25, 0.3) is 16.3 Å². The Balaban J connectivity index is 1.68. The van der Waals surface area contributed by atoms with Crippen molar-refractivity contribution in [1.82, 2.24) is 0 Å². The lowest BCUT2D eigenvalue weighted by atomic mass is 10.2. The average molecular weight is 488 g/mol. The molecule has 3 aromatic rings. The maximum Gasteiger partial charge on any atom is 0.263 e. The summed E-state index contributed by atoms with van der Waals surface area (Å²) in [5.74, 6) is 0.620. The van der Waals surface area contributed by atoms with Crippen LogP contribution in [0.3, 0.4) is 0 Å². The third kappa shape index (κ3) is 5.24. The summed E-state index contributed by atoms with van der Waals surface area (Å²) >= 11 is 3.34. The smallest absolute Gasteiger partial charge is 0.263 e. The number of aryl methyl sites for hydroxylation is 1. The summed E-state index contributed by atoms with van der Waals surface area (Å²) in [4.78, 5) is 3.34. The first-order chi connectivity index (χ1) is 16.0. The molecule has 0 bridgehead atoms. The molecule has 33 heavy (non-hydrogen) atoms. The Morgan fingerprint density at radius 1 is 1.18 bits per heavy atom. The molecule has 1 aliphatic rings. The van der Waals surface area contributed by atoms with Crippen molar-refractivity contribution >= 4 is 45.1 Å². The van der Waals surface area contributed by atoms with Crippen molar-refractivity contribution in [3.63, 3.8) is 0 Å². The number of halogens is 1. The molecule has 0 saturated carbocycles. The molecule has 5 nitrogen and oxygen atoms in total. The Labute approximate surface area is 201 Å². The lowest BCUT2D eigenvalue weighted by Crippen LogP contribution is -2.36. The molecule has 0 spiro atoms. The minimum absolute atomic E-state index is 0.0157. The first-order valence-corrected chi connectivity index (χ1v) is 12.5. The van der Waals surface area contributed by atoms with Gasteiger partial charge >= 0.3 is 0 Å². The van der Waals surface area contributed by atoms with Gasteiger partial charge in [0.1, 0.15) is 30.3 Å². The summed E-state index contributed by atoms with van der Waals surface area (Å²) in [6, 6.07) is 12.1. The molecular formula is C25H28FN2O3S2+. The van der Waals surface area contributed by atoms with E-state index < -0.39 is 6.67 Å². The fraction of sp³-hybridized carbons (Fsp3) is 0.320. The molecular weight excluding hydrogens is 459 g/mol. The summed E-state index contributed by atoms with van der Waals surface area (Å²) in [5.41, 5.74) is 4.34. The number of anilines is 1. The Morgan fingerprint density at radius 3 is 2.79 bits per heavy atom. The number of β-amino-alcohol motifs (C(OH)–C–C–N with tert-alkyl or cyclic N) is 1. The Bertz CT molecular complexity index is 1210. The van der Waals surface area contributed by atoms with Crippen molar-refractivity contribution in [3.8, 4) is 5.75 Å². The van der Waals surface area contributed by atoms with E-state index in [9.17, 15) is 14.6 Å². The van der Waals surface area contributed by atoms with E-state index in [-0.39, 0.29) is 19.8 Å². The van der Waals surface area contributed by atoms with E-state index in [1.165, 1.54) is 10.5 Å². The number of thiazole rings is 1. The molecule has 0 amide bonds. The number of rotatable bonds is 9. The first kappa shape index (κ1) is 23.8. The molecule has 4 rings (SSSR count). The van der Waals surface area contributed by atoms with Gasteiger partial charge in [0.25, 0.3) is 5.01 Å². The van der Waals surface area contributed by atoms with Crippen LogP contribution < -0.4 is 14.2 Å². The number of aliphatic hydroxyl groups excluding tert-OH is 2. The molecule has 1 aromatic heterocycles. The number of aliphatic hydroxyl groups is 2. The van der Waals surface area contributed by atoms with Crippen LogP contribution in [-0.2, 0) is 6.54 Å². The van der Waals surface area contributed by atoms with E-state index in [4.69, 9.17) is 4.74 Å². The lowest BCUT2D eigenvalue weighted by molar-refractivity contribution is -0.670. The van der Waals surface area contributed by atoms with Crippen molar-refractivity contribution in [1.29, 1.82) is 0 Å². The van der Waals surface area contributed by atoms with E-state index in [0.29, 0.717) is 18.8 Å². The van der Waals surface area contributed by atoms with E-state index in [0.717, 1.165) is 31.5 Å². The molecule has 0 radical (unpaired) electrons. The molecule has 2 N–H and O–H groups in total. The van der Waals surface area contributed by atoms with Crippen LogP contribution in [-0.4, -0.2) is 43.3 Å². The number of nitrogens with zero attached hydrogens (tertiary/aromatic N) is 2. The van der Waals surface area contributed by atoms with Crippen LogP contribution in [0.15, 0.2) is 58.0 Å². The molecule has 1 aliphatic heterocycles. The number of thioether (sulfide) groups is 1. The fourth-order valence-electron chi connectivity index (χ4n) is 3.85. The van der Waals surface area contributed by atoms with Gasteiger partial charge in [0.15, 0.2) is 6.54 Å². The third-order valence-corrected chi connectivity index (χ3v) is 7.51. The van der Waals surface area contributed by atoms with Crippen molar-refractivity contribution < 1.29 is 23.9 Å². The summed E-state index contributed by atoms with van der Waals surface area (Å²) in [5, 5.41) is 21.4. The number of hydrogen-bond acceptors (Lipinski definition) is 6. The second kappa shape index (κ2) is 10.7. The molecule has 2 aromatic carbocycles. The van der Waals surface area contributed by atoms with Gasteiger partial charge < -0.3 is 19.8 Å². The van der Waals surface area contributed by atoms with Crippen LogP contribution >= 0.6 is 23.1 Å². The molecule has 8 heteroatoms. The maximum absolute atomic E-state index is 12.5. The van der Waals surface area contributed by atoms with Gasteiger partial charge in [-0.3, -0.25) is 0 Å². The maximum atomic E-state index is 12.5. The van der Waals surface area contributed by atoms with Gasteiger partial charge in [0, 0.05) is 17.5 Å². The number of aromatic nitrogens is 1. The average Bonchev–Trinajstić information content (AvgIpc) is 3.30. The standard InChI is InChI=1S/C25H28FN2O3S2/c1-17-3-5-22-20(13-17)27(8-10-29)24(32-22)14-18(2)15-25-28(9-11-30)21-16-19(31-12-7-26)4-6-23(21)33-25/h3-6,13-16,29-30H,7-12H2,1-2H3/q+1. The van der Waals surface area contributed by atoms with Crippen molar-refractivity contribution in [3.05, 3.63) is 63.6 Å². The number of fused-ring (bicyclic) bond motifs is 2. The zero-order valence-corrected chi connectivity index (χ0v) is 20.4. The lowest BCUT2D eigenvalue weighted by Gasteiger charge is -2.19. The van der Waals surface area contributed by atoms with Crippen molar-refractivity contribution in [2.45, 2.75) is 25.3 Å². The van der Waals surface area contributed by atoms with Crippen LogP contribution in [0.2, 0.25) is 0 Å². The molecule has 0 fully saturated rings. The van der Waals surface area contributed by atoms with E-state index in [1.54, 1.807) is 23.1 Å². The highest BCUT2D eigenvalue weighted by Gasteiger charge is 2.25. The minimum atomic E-state index is -0.533. The number of allylic oxidation sites excluding steroid dienone is 2. The minimum Gasteiger partial charge on any atom is -0.491 e. The normalized spacial score (nSPS) is 15.0. The van der Waals surface area contributed by atoms with Crippen LogP contribution in [0.1, 0.15) is 17.5 Å². The largest absolute Gasteiger partial charge is 0.491 e. The van der Waals surface area contributed by atoms with Crippen molar-refractivity contribution in [2.75, 3.05) is 37.9 Å². The SMILES string of the molecule is CC(/C=C1\Sc2ccc(C)cc2N1CCO)=C\c1sc2ccc(OCCF)cc2[n+]1CCO. The third-order valence-electron chi connectivity index (χ3n) is 5.28. The quantitative estimate of drug-likeness (QED) is 0.429. The van der Waals surface area contributed by atoms with E-state index in [1.807, 2.05) is 18.2 Å². The summed E-state index contributed by atoms with van der Waals surface area (Å²) in [6.45, 7) is 4.71. The Hall–Kier alpha value is -2.39. The number of benzene rings is 2. The van der Waals surface area contributed by atoms with Gasteiger partial charge in [-0.15, -0.1) is 0 Å². The predicted octanol–water partition coefficient (Wildman–Crippen LogP) is 4.69. The van der Waals surface area contributed by atoms with Gasteiger partial charge in [-0.25, -0.2) is 4.39 Å². The summed E-state index contributed by atoms with van der Waals surface area (Å²) in [7, 11) is 0. The van der Waals surface area contributed by atoms with Crippen molar-refractivity contribution in [2.24, 2.45) is 0 Å². The van der Waals surface area contributed by atoms with E-state index in [2.05, 4.69) is 53.7 Å². The van der Waals surface area contributed by atoms with Gasteiger partial charge in [-0.2, -0.15) is 4.57 Å². The fourth-order valence-corrected chi connectivity index (χ4v) is 6.20. The van der Waals surface area contributed by atoms with Gasteiger partial charge in [-0.05, 0) is 55.3 Å². The molecule has 0 saturated heterocycles. The molecule has 174 valence electrons. The highest BCUT2D eigenvalue weighted by atomic mass is 32.2. The highest BCUT2D eigenvalue weighted by molar-refractivity contribution is 8.03. The second-order valence-electron chi connectivity index (χ2n) is 7.80. The molecule has 2 heterocycles. The summed E-state index contributed by atoms with van der Waals surface area (Å²) < 4.78 is 21.1. The topological polar surface area (TPSA) is 56.8 Å². The highest BCUT2D eigenvalue weighted by Crippen LogP contribution is 2.46. The van der Waals surface area contributed by atoms with Crippen LogP contribution in [0.4, 0.5) is 10.1 Å². The predicted molar refractivity (Wildman–Crippen MR) is 134 cm³/mol. The van der Waals surface area contributed by atoms with Crippen LogP contribution in [0, 0.1) is 6.92 Å². The number of hydrogen-bond donors (Lipinski definition) is 2. The van der Waals surface area contributed by atoms with Gasteiger partial charge in [-0.1, -0.05) is 29.2 Å².